The third-order valence-corrected chi connectivity index (χ3v) is 4.76. The van der Waals surface area contributed by atoms with Gasteiger partial charge in [0.15, 0.2) is 23.0 Å². The summed E-state index contributed by atoms with van der Waals surface area (Å²) in [5, 5.41) is 37.5. The maximum atomic E-state index is 12.9. The number of furan rings is 1. The molecule has 4 rings (SSSR count). The van der Waals surface area contributed by atoms with E-state index in [2.05, 4.69) is 10.2 Å². The Hall–Kier alpha value is -3.66. The summed E-state index contributed by atoms with van der Waals surface area (Å²) in [6, 6.07) is 5.68. The minimum atomic E-state index is -1.09. The van der Waals surface area contributed by atoms with Crippen molar-refractivity contribution >= 4 is 28.2 Å². The topological polar surface area (TPSA) is 137 Å². The molecule has 1 aliphatic heterocycles. The van der Waals surface area contributed by atoms with E-state index in [0.29, 0.717) is 0 Å². The van der Waals surface area contributed by atoms with Crippen molar-refractivity contribution in [1.29, 1.82) is 0 Å². The summed E-state index contributed by atoms with van der Waals surface area (Å²) in [4.78, 5) is 26.7. The molecule has 0 saturated carbocycles. The molecule has 0 bridgehead atoms. The number of hydrogen-bond donors (Lipinski definition) is 3. The fourth-order valence-electron chi connectivity index (χ4n) is 2.87. The smallest absolute Gasteiger partial charge is 0.296 e. The maximum absolute atomic E-state index is 12.9. The van der Waals surface area contributed by atoms with Gasteiger partial charge in [0, 0.05) is 0 Å². The van der Waals surface area contributed by atoms with Gasteiger partial charge in [0.2, 0.25) is 10.9 Å². The SMILES string of the molecule is O=C(C1=C(O)C(=O)N(c2nncs2)C1c1ccc(O)c(O)c1)c1ccco1. The Morgan fingerprint density at radius 2 is 2.00 bits per heavy atom. The second-order valence-electron chi connectivity index (χ2n) is 5.62. The first kappa shape index (κ1) is 16.8. The van der Waals surface area contributed by atoms with Gasteiger partial charge in [0.25, 0.3) is 5.91 Å². The molecule has 10 heteroatoms. The van der Waals surface area contributed by atoms with Crippen LogP contribution in [-0.2, 0) is 4.79 Å². The van der Waals surface area contributed by atoms with Crippen molar-refractivity contribution in [3.8, 4) is 11.5 Å². The summed E-state index contributed by atoms with van der Waals surface area (Å²) in [5.41, 5.74) is 1.46. The van der Waals surface area contributed by atoms with Crippen LogP contribution in [0.2, 0.25) is 0 Å². The minimum Gasteiger partial charge on any atom is -0.504 e. The molecule has 0 spiro atoms. The minimum absolute atomic E-state index is 0.0588. The second kappa shape index (κ2) is 6.25. The first-order valence-corrected chi connectivity index (χ1v) is 8.50. The van der Waals surface area contributed by atoms with Gasteiger partial charge in [0.05, 0.1) is 17.9 Å². The van der Waals surface area contributed by atoms with Crippen molar-refractivity contribution in [3.05, 3.63) is 64.8 Å². The summed E-state index contributed by atoms with van der Waals surface area (Å²) < 4.78 is 5.10. The predicted molar refractivity (Wildman–Crippen MR) is 92.6 cm³/mol. The van der Waals surface area contributed by atoms with E-state index >= 15 is 0 Å². The Bertz CT molecular complexity index is 1060. The highest BCUT2D eigenvalue weighted by Crippen LogP contribution is 2.43. The van der Waals surface area contributed by atoms with Gasteiger partial charge in [-0.25, -0.2) is 0 Å². The highest BCUT2D eigenvalue weighted by Gasteiger charge is 2.46. The molecule has 9 nitrogen and oxygen atoms in total. The van der Waals surface area contributed by atoms with E-state index in [-0.39, 0.29) is 27.8 Å². The third-order valence-electron chi connectivity index (χ3n) is 4.07. The number of anilines is 1. The number of carbonyl (C=O) groups is 2. The van der Waals surface area contributed by atoms with Crippen molar-refractivity contribution in [1.82, 2.24) is 10.2 Å². The fourth-order valence-corrected chi connectivity index (χ4v) is 3.46. The summed E-state index contributed by atoms with van der Waals surface area (Å²) in [6.45, 7) is 0. The number of amides is 1. The lowest BCUT2D eigenvalue weighted by molar-refractivity contribution is -0.117. The van der Waals surface area contributed by atoms with Gasteiger partial charge < -0.3 is 19.7 Å². The van der Waals surface area contributed by atoms with Crippen molar-refractivity contribution in [3.63, 3.8) is 0 Å². The van der Waals surface area contributed by atoms with Gasteiger partial charge >= 0.3 is 0 Å². The molecule has 0 fully saturated rings. The number of benzene rings is 1. The van der Waals surface area contributed by atoms with Crippen LogP contribution in [0.5, 0.6) is 11.5 Å². The number of aromatic hydroxyl groups is 2. The van der Waals surface area contributed by atoms with Crippen LogP contribution in [-0.4, -0.2) is 37.2 Å². The van der Waals surface area contributed by atoms with E-state index in [1.54, 1.807) is 0 Å². The normalized spacial score (nSPS) is 17.0. The van der Waals surface area contributed by atoms with Gasteiger partial charge in [-0.15, -0.1) is 10.2 Å². The van der Waals surface area contributed by atoms with Gasteiger partial charge in [-0.2, -0.15) is 0 Å². The lowest BCUT2D eigenvalue weighted by atomic mass is 9.95. The number of nitrogens with zero attached hydrogens (tertiary/aromatic N) is 3. The van der Waals surface area contributed by atoms with E-state index in [1.807, 2.05) is 0 Å². The Morgan fingerprint density at radius 3 is 2.63 bits per heavy atom. The molecule has 3 heterocycles. The van der Waals surface area contributed by atoms with Gasteiger partial charge in [0.1, 0.15) is 5.51 Å². The van der Waals surface area contributed by atoms with Crippen LogP contribution in [0.15, 0.2) is 57.9 Å². The average molecular weight is 385 g/mol. The number of phenols is 2. The van der Waals surface area contributed by atoms with Crippen LogP contribution in [0.1, 0.15) is 22.2 Å². The van der Waals surface area contributed by atoms with Crippen LogP contribution in [0.4, 0.5) is 5.13 Å². The maximum Gasteiger partial charge on any atom is 0.296 e. The van der Waals surface area contributed by atoms with E-state index in [9.17, 15) is 24.9 Å². The van der Waals surface area contributed by atoms with Gasteiger partial charge in [-0.1, -0.05) is 17.4 Å². The number of rotatable bonds is 4. The Balaban J connectivity index is 1.90. The monoisotopic (exact) mass is 385 g/mol. The van der Waals surface area contributed by atoms with E-state index in [0.717, 1.165) is 16.2 Å². The lowest BCUT2D eigenvalue weighted by Gasteiger charge is -2.24. The molecule has 1 unspecified atom stereocenters. The number of hydrogen-bond acceptors (Lipinski definition) is 9. The zero-order valence-corrected chi connectivity index (χ0v) is 14.3. The number of aliphatic hydroxyl groups excluding tert-OH is 1. The predicted octanol–water partition coefficient (Wildman–Crippen LogP) is 2.33. The van der Waals surface area contributed by atoms with Crippen molar-refractivity contribution in [2.45, 2.75) is 6.04 Å². The molecule has 1 atom stereocenters. The quantitative estimate of drug-likeness (QED) is 0.460. The summed E-state index contributed by atoms with van der Waals surface area (Å²) >= 11 is 1.04. The number of aromatic nitrogens is 2. The summed E-state index contributed by atoms with van der Waals surface area (Å²) in [5.74, 6) is -3.12. The molecule has 0 radical (unpaired) electrons. The molecule has 0 saturated heterocycles. The van der Waals surface area contributed by atoms with E-state index in [4.69, 9.17) is 4.42 Å². The third kappa shape index (κ3) is 2.62. The Labute approximate surface area is 155 Å². The number of Topliss-reactive ketones (excluding diaryl/α,β-unsaturated/α-hetero) is 1. The second-order valence-corrected chi connectivity index (χ2v) is 6.43. The highest BCUT2D eigenvalue weighted by atomic mass is 32.1. The van der Waals surface area contributed by atoms with Gasteiger partial charge in [-0.3, -0.25) is 14.5 Å². The highest BCUT2D eigenvalue weighted by molar-refractivity contribution is 7.13. The molecule has 3 aromatic rings. The largest absolute Gasteiger partial charge is 0.504 e. The summed E-state index contributed by atoms with van der Waals surface area (Å²) in [6.07, 6.45) is 1.30. The van der Waals surface area contributed by atoms with Crippen LogP contribution in [0.3, 0.4) is 0 Å². The van der Waals surface area contributed by atoms with E-state index in [1.165, 1.54) is 42.1 Å². The molecule has 1 aromatic carbocycles. The van der Waals surface area contributed by atoms with Crippen LogP contribution < -0.4 is 4.90 Å². The van der Waals surface area contributed by atoms with Crippen molar-refractivity contribution in [2.24, 2.45) is 0 Å². The Kier molecular flexibility index (Phi) is 3.89. The fraction of sp³-hybridized carbons (Fsp3) is 0.0588. The first-order valence-electron chi connectivity index (χ1n) is 7.62. The molecule has 1 aliphatic rings. The zero-order chi connectivity index (χ0) is 19.1. The molecular weight excluding hydrogens is 374 g/mol. The number of aliphatic hydroxyl groups is 1. The van der Waals surface area contributed by atoms with Crippen molar-refractivity contribution in [2.75, 3.05) is 4.90 Å². The molecule has 27 heavy (non-hydrogen) atoms. The Morgan fingerprint density at radius 1 is 1.19 bits per heavy atom. The number of phenolic OH excluding ortho intramolecular Hbond substituents is 2. The van der Waals surface area contributed by atoms with Gasteiger partial charge in [-0.05, 0) is 29.8 Å². The molecule has 0 aliphatic carbocycles. The first-order chi connectivity index (χ1) is 13.0. The molecule has 2 aromatic heterocycles. The molecule has 3 N–H and O–H groups in total. The zero-order valence-electron chi connectivity index (χ0n) is 13.4. The molecular formula is C17H11N3O6S. The number of carbonyl (C=O) groups excluding carboxylic acids is 2. The standard InChI is InChI=1S/C17H11N3O6S/c21-9-4-3-8(6-10(9)22)13-12(14(23)11-2-1-5-26-11)15(24)16(25)20(13)17-19-18-7-27-17/h1-7,13,21-22,24H. The number of ketones is 1. The van der Waals surface area contributed by atoms with Crippen LogP contribution >= 0.6 is 11.3 Å². The summed E-state index contributed by atoms with van der Waals surface area (Å²) in [7, 11) is 0. The van der Waals surface area contributed by atoms with E-state index < -0.39 is 29.2 Å². The lowest BCUT2D eigenvalue weighted by Crippen LogP contribution is -2.31. The average Bonchev–Trinajstić information content (AvgIpc) is 3.39. The van der Waals surface area contributed by atoms with Crippen LogP contribution in [0.25, 0.3) is 0 Å². The molecule has 1 amide bonds. The molecule has 136 valence electrons. The van der Waals surface area contributed by atoms with Crippen LogP contribution in [0, 0.1) is 0 Å². The van der Waals surface area contributed by atoms with Crippen molar-refractivity contribution < 1.29 is 29.3 Å².